The average molecular weight is 454 g/mol. The highest BCUT2D eigenvalue weighted by Crippen LogP contribution is 2.31. The standard InChI is InChI=1S/C25H23N7O2/c1-30-16-22(24(33)23(29-30)21-11-13-27-32(21)17-7-3-2-4-8-17)34-14-12-18-15-26-25-28-19-9-5-6-10-20(19)31(18)25/h2-11,13,16,18H,12,14-15H2,1H3,(H,26,28). The highest BCUT2D eigenvalue weighted by atomic mass is 16.5. The fourth-order valence-electron chi connectivity index (χ4n) is 4.48. The molecule has 0 amide bonds. The summed E-state index contributed by atoms with van der Waals surface area (Å²) in [7, 11) is 1.78. The number of nitrogens with one attached hydrogen (secondary N) is 1. The van der Waals surface area contributed by atoms with E-state index < -0.39 is 0 Å². The van der Waals surface area contributed by atoms with Crippen LogP contribution in [0, 0.1) is 0 Å². The molecule has 1 N–H and O–H groups in total. The zero-order valence-corrected chi connectivity index (χ0v) is 18.6. The van der Waals surface area contributed by atoms with Crippen LogP contribution in [-0.2, 0) is 7.05 Å². The Hall–Kier alpha value is -4.40. The van der Waals surface area contributed by atoms with Crippen LogP contribution in [0.15, 0.2) is 77.9 Å². The number of ether oxygens (including phenoxy) is 1. The van der Waals surface area contributed by atoms with Crippen LogP contribution in [0.4, 0.5) is 5.95 Å². The largest absolute Gasteiger partial charge is 0.488 e. The number of aryl methyl sites for hydroxylation is 1. The van der Waals surface area contributed by atoms with E-state index in [0.29, 0.717) is 18.0 Å². The number of para-hydroxylation sites is 3. The Morgan fingerprint density at radius 2 is 1.91 bits per heavy atom. The third-order valence-electron chi connectivity index (χ3n) is 6.05. The minimum absolute atomic E-state index is 0.201. The molecule has 2 aromatic carbocycles. The van der Waals surface area contributed by atoms with Crippen molar-refractivity contribution in [3.8, 4) is 22.8 Å². The molecule has 1 aliphatic rings. The predicted molar refractivity (Wildman–Crippen MR) is 129 cm³/mol. The second-order valence-electron chi connectivity index (χ2n) is 8.27. The van der Waals surface area contributed by atoms with Gasteiger partial charge in [-0.3, -0.25) is 9.48 Å². The molecule has 0 saturated carbocycles. The fraction of sp³-hybridized carbons (Fsp3) is 0.200. The molecule has 6 rings (SSSR count). The molecule has 0 radical (unpaired) electrons. The van der Waals surface area contributed by atoms with Gasteiger partial charge in [-0.1, -0.05) is 30.3 Å². The summed E-state index contributed by atoms with van der Waals surface area (Å²) in [5.74, 6) is 1.15. The molecule has 170 valence electrons. The number of anilines is 1. The molecule has 1 atom stereocenters. The van der Waals surface area contributed by atoms with Gasteiger partial charge in [-0.2, -0.15) is 10.2 Å². The maximum atomic E-state index is 13.3. The molecule has 1 unspecified atom stereocenters. The normalized spacial score (nSPS) is 14.8. The molecule has 9 heteroatoms. The summed E-state index contributed by atoms with van der Waals surface area (Å²) in [6.07, 6.45) is 4.03. The molecular weight excluding hydrogens is 430 g/mol. The van der Waals surface area contributed by atoms with Crippen molar-refractivity contribution in [1.82, 2.24) is 29.1 Å². The van der Waals surface area contributed by atoms with Crippen LogP contribution < -0.4 is 15.5 Å². The summed E-state index contributed by atoms with van der Waals surface area (Å²) >= 11 is 0. The van der Waals surface area contributed by atoms with Gasteiger partial charge in [0.2, 0.25) is 5.95 Å². The van der Waals surface area contributed by atoms with E-state index in [1.807, 2.05) is 48.5 Å². The van der Waals surface area contributed by atoms with Gasteiger partial charge >= 0.3 is 0 Å². The zero-order chi connectivity index (χ0) is 23.1. The van der Waals surface area contributed by atoms with Gasteiger partial charge in [-0.05, 0) is 30.3 Å². The Labute approximate surface area is 195 Å². The monoisotopic (exact) mass is 453 g/mol. The third kappa shape index (κ3) is 3.42. The van der Waals surface area contributed by atoms with Crippen molar-refractivity contribution < 1.29 is 4.74 Å². The van der Waals surface area contributed by atoms with Crippen LogP contribution in [0.5, 0.6) is 5.75 Å². The Balaban J connectivity index is 1.25. The first kappa shape index (κ1) is 20.2. The number of imidazole rings is 1. The van der Waals surface area contributed by atoms with Gasteiger partial charge in [-0.25, -0.2) is 9.67 Å². The molecule has 0 saturated heterocycles. The van der Waals surface area contributed by atoms with Gasteiger partial charge < -0.3 is 14.6 Å². The summed E-state index contributed by atoms with van der Waals surface area (Å²) in [6, 6.07) is 19.8. The van der Waals surface area contributed by atoms with E-state index in [1.54, 1.807) is 34.9 Å². The van der Waals surface area contributed by atoms with Crippen molar-refractivity contribution in [2.24, 2.45) is 7.05 Å². The zero-order valence-electron chi connectivity index (χ0n) is 18.6. The molecule has 0 fully saturated rings. The lowest BCUT2D eigenvalue weighted by molar-refractivity contribution is 0.282. The molecule has 3 aromatic heterocycles. The van der Waals surface area contributed by atoms with Gasteiger partial charge in [0.25, 0.3) is 5.43 Å². The van der Waals surface area contributed by atoms with E-state index in [9.17, 15) is 4.79 Å². The van der Waals surface area contributed by atoms with Crippen LogP contribution in [0.25, 0.3) is 28.1 Å². The molecule has 0 aliphatic carbocycles. The van der Waals surface area contributed by atoms with Crippen molar-refractivity contribution in [2.45, 2.75) is 12.5 Å². The summed E-state index contributed by atoms with van der Waals surface area (Å²) < 4.78 is 11.5. The molecule has 5 aromatic rings. The summed E-state index contributed by atoms with van der Waals surface area (Å²) in [5.41, 5.74) is 3.59. The van der Waals surface area contributed by atoms with E-state index in [1.165, 1.54) is 0 Å². The Bertz CT molecular complexity index is 1530. The van der Waals surface area contributed by atoms with E-state index in [2.05, 4.69) is 31.1 Å². The number of hydrogen-bond acceptors (Lipinski definition) is 6. The number of nitrogens with zero attached hydrogens (tertiary/aromatic N) is 6. The topological polar surface area (TPSA) is 91.8 Å². The summed E-state index contributed by atoms with van der Waals surface area (Å²) in [4.78, 5) is 17.9. The SMILES string of the molecule is Cn1cc(OCCC2CNc3nc4ccccc4n32)c(=O)c(-c2ccnn2-c2ccccc2)n1. The van der Waals surface area contributed by atoms with E-state index in [4.69, 9.17) is 4.74 Å². The second-order valence-corrected chi connectivity index (χ2v) is 8.27. The first-order valence-electron chi connectivity index (χ1n) is 11.2. The predicted octanol–water partition coefficient (Wildman–Crippen LogP) is 3.42. The summed E-state index contributed by atoms with van der Waals surface area (Å²) in [5, 5.41) is 12.2. The maximum absolute atomic E-state index is 13.3. The lowest BCUT2D eigenvalue weighted by atomic mass is 10.2. The van der Waals surface area contributed by atoms with Crippen molar-refractivity contribution in [3.63, 3.8) is 0 Å². The van der Waals surface area contributed by atoms with Crippen LogP contribution >= 0.6 is 0 Å². The van der Waals surface area contributed by atoms with Crippen molar-refractivity contribution in [2.75, 3.05) is 18.5 Å². The molecule has 0 spiro atoms. The van der Waals surface area contributed by atoms with Gasteiger partial charge in [0.15, 0.2) is 11.4 Å². The number of fused-ring (bicyclic) bond motifs is 3. The molecule has 9 nitrogen and oxygen atoms in total. The first-order valence-corrected chi connectivity index (χ1v) is 11.2. The van der Waals surface area contributed by atoms with Crippen LogP contribution in [0.3, 0.4) is 0 Å². The number of benzene rings is 2. The highest BCUT2D eigenvalue weighted by Gasteiger charge is 2.25. The van der Waals surface area contributed by atoms with Gasteiger partial charge in [0, 0.05) is 20.0 Å². The molecule has 4 heterocycles. The number of rotatable bonds is 6. The van der Waals surface area contributed by atoms with Gasteiger partial charge in [-0.15, -0.1) is 0 Å². The van der Waals surface area contributed by atoms with Crippen molar-refractivity contribution in [3.05, 3.63) is 83.3 Å². The molecular formula is C25H23N7O2. The Morgan fingerprint density at radius 3 is 2.79 bits per heavy atom. The summed E-state index contributed by atoms with van der Waals surface area (Å²) in [6.45, 7) is 1.18. The van der Waals surface area contributed by atoms with Crippen LogP contribution in [0.2, 0.25) is 0 Å². The highest BCUT2D eigenvalue weighted by molar-refractivity contribution is 5.79. The van der Waals surface area contributed by atoms with E-state index in [0.717, 1.165) is 35.6 Å². The molecule has 1 aliphatic heterocycles. The number of hydrogen-bond donors (Lipinski definition) is 1. The minimum Gasteiger partial charge on any atom is -0.488 e. The first-order chi connectivity index (χ1) is 16.7. The third-order valence-corrected chi connectivity index (χ3v) is 6.05. The Kier molecular flexibility index (Phi) is 4.87. The van der Waals surface area contributed by atoms with Gasteiger partial charge in [0.1, 0.15) is 0 Å². The lowest BCUT2D eigenvalue weighted by Crippen LogP contribution is -2.19. The fourth-order valence-corrected chi connectivity index (χ4v) is 4.48. The van der Waals surface area contributed by atoms with Gasteiger partial charge in [0.05, 0.1) is 47.5 Å². The van der Waals surface area contributed by atoms with E-state index in [-0.39, 0.29) is 17.2 Å². The average Bonchev–Trinajstić information content (AvgIpc) is 3.57. The Morgan fingerprint density at radius 1 is 1.09 bits per heavy atom. The van der Waals surface area contributed by atoms with Crippen LogP contribution in [0.1, 0.15) is 12.5 Å². The second kappa shape index (κ2) is 8.18. The lowest BCUT2D eigenvalue weighted by Gasteiger charge is -2.14. The van der Waals surface area contributed by atoms with Crippen LogP contribution in [-0.4, -0.2) is 42.3 Å². The minimum atomic E-state index is -0.255. The quantitative estimate of drug-likeness (QED) is 0.424. The molecule has 34 heavy (non-hydrogen) atoms. The van der Waals surface area contributed by atoms with E-state index >= 15 is 0 Å². The smallest absolute Gasteiger partial charge is 0.251 e. The molecule has 0 bridgehead atoms. The van der Waals surface area contributed by atoms with Crippen molar-refractivity contribution >= 4 is 17.0 Å². The maximum Gasteiger partial charge on any atom is 0.251 e. The number of aromatic nitrogens is 6. The van der Waals surface area contributed by atoms with Crippen molar-refractivity contribution in [1.29, 1.82) is 0 Å².